The van der Waals surface area contributed by atoms with E-state index in [0.29, 0.717) is 11.3 Å². The standard InChI is InChI=1S/C19H19NO3S/c1-14(2)23-17-8-6-16(7-9-17)12-19(13-20)24(21,22)18-10-4-15(3)5-11-18/h4-12,14H,1-3H3. The van der Waals surface area contributed by atoms with Crippen molar-refractivity contribution in [1.29, 1.82) is 5.26 Å². The highest BCUT2D eigenvalue weighted by Crippen LogP contribution is 2.22. The van der Waals surface area contributed by atoms with Crippen LogP contribution in [0.25, 0.3) is 6.08 Å². The molecule has 124 valence electrons. The molecule has 0 spiro atoms. The van der Waals surface area contributed by atoms with Gasteiger partial charge in [0.25, 0.3) is 0 Å². The Balaban J connectivity index is 2.35. The number of ether oxygens (including phenoxy) is 1. The summed E-state index contributed by atoms with van der Waals surface area (Å²) in [4.78, 5) is -0.176. The Bertz CT molecular complexity index is 872. The fourth-order valence-corrected chi connectivity index (χ4v) is 3.24. The van der Waals surface area contributed by atoms with Gasteiger partial charge in [-0.3, -0.25) is 0 Å². The number of nitrogens with zero attached hydrogens (tertiary/aromatic N) is 1. The molecule has 2 rings (SSSR count). The van der Waals surface area contributed by atoms with Gasteiger partial charge < -0.3 is 4.74 Å². The minimum atomic E-state index is -3.83. The highest BCUT2D eigenvalue weighted by molar-refractivity contribution is 7.95. The number of sulfone groups is 1. The van der Waals surface area contributed by atoms with Crippen LogP contribution < -0.4 is 4.74 Å². The van der Waals surface area contributed by atoms with Gasteiger partial charge in [0.1, 0.15) is 16.7 Å². The molecule has 0 amide bonds. The Morgan fingerprint density at radius 2 is 1.67 bits per heavy atom. The summed E-state index contributed by atoms with van der Waals surface area (Å²) in [5.41, 5.74) is 1.58. The molecule has 5 heteroatoms. The van der Waals surface area contributed by atoms with E-state index in [4.69, 9.17) is 4.74 Å². The lowest BCUT2D eigenvalue weighted by Crippen LogP contribution is -2.05. The van der Waals surface area contributed by atoms with Crippen molar-refractivity contribution in [1.82, 2.24) is 0 Å². The van der Waals surface area contributed by atoms with Crippen LogP contribution in [0.5, 0.6) is 5.75 Å². The van der Waals surface area contributed by atoms with Crippen LogP contribution in [0.2, 0.25) is 0 Å². The van der Waals surface area contributed by atoms with Crippen molar-refractivity contribution in [2.24, 2.45) is 0 Å². The molecule has 0 aliphatic carbocycles. The van der Waals surface area contributed by atoms with Crippen LogP contribution in [-0.2, 0) is 9.84 Å². The molecule has 24 heavy (non-hydrogen) atoms. The second kappa shape index (κ2) is 7.33. The van der Waals surface area contributed by atoms with Crippen LogP contribution in [0.15, 0.2) is 58.3 Å². The Hall–Kier alpha value is -2.58. The summed E-state index contributed by atoms with van der Waals surface area (Å²) in [5.74, 6) is 0.696. The molecule has 0 radical (unpaired) electrons. The average Bonchev–Trinajstić information content (AvgIpc) is 2.54. The molecule has 0 aliphatic rings. The topological polar surface area (TPSA) is 67.2 Å². The maximum Gasteiger partial charge on any atom is 0.216 e. The summed E-state index contributed by atoms with van der Waals surface area (Å²) in [6.45, 7) is 5.73. The molecule has 0 aliphatic heterocycles. The normalized spacial score (nSPS) is 12.0. The predicted octanol–water partition coefficient (Wildman–Crippen LogP) is 4.12. The summed E-state index contributed by atoms with van der Waals surface area (Å²) >= 11 is 0. The largest absolute Gasteiger partial charge is 0.491 e. The van der Waals surface area contributed by atoms with Crippen molar-refractivity contribution in [3.63, 3.8) is 0 Å². The average molecular weight is 341 g/mol. The third-order valence-electron chi connectivity index (χ3n) is 3.28. The number of nitriles is 1. The number of aryl methyl sites for hydroxylation is 1. The van der Waals surface area contributed by atoms with E-state index >= 15 is 0 Å². The van der Waals surface area contributed by atoms with Gasteiger partial charge in [-0.25, -0.2) is 8.42 Å². The molecule has 0 N–H and O–H groups in total. The summed E-state index contributed by atoms with van der Waals surface area (Å²) in [5, 5.41) is 9.29. The van der Waals surface area contributed by atoms with E-state index in [2.05, 4.69) is 0 Å². The van der Waals surface area contributed by atoms with Crippen LogP contribution in [-0.4, -0.2) is 14.5 Å². The van der Waals surface area contributed by atoms with Gasteiger partial charge >= 0.3 is 0 Å². The molecular formula is C19H19NO3S. The van der Waals surface area contributed by atoms with Crippen LogP contribution in [0.4, 0.5) is 0 Å². The molecule has 0 fully saturated rings. The number of benzene rings is 2. The highest BCUT2D eigenvalue weighted by atomic mass is 32.2. The lowest BCUT2D eigenvalue weighted by atomic mass is 10.2. The zero-order valence-corrected chi connectivity index (χ0v) is 14.7. The van der Waals surface area contributed by atoms with Crippen molar-refractivity contribution in [3.8, 4) is 11.8 Å². The van der Waals surface area contributed by atoms with Crippen molar-refractivity contribution in [2.45, 2.75) is 31.8 Å². The van der Waals surface area contributed by atoms with Crippen molar-refractivity contribution < 1.29 is 13.2 Å². The molecule has 2 aromatic rings. The molecule has 0 saturated heterocycles. The quantitative estimate of drug-likeness (QED) is 0.767. The molecule has 0 aromatic heterocycles. The fraction of sp³-hybridized carbons (Fsp3) is 0.211. The molecule has 4 nitrogen and oxygen atoms in total. The van der Waals surface area contributed by atoms with Crippen molar-refractivity contribution >= 4 is 15.9 Å². The SMILES string of the molecule is Cc1ccc(S(=O)(=O)C(C#N)=Cc2ccc(OC(C)C)cc2)cc1. The van der Waals surface area contributed by atoms with E-state index in [9.17, 15) is 13.7 Å². The van der Waals surface area contributed by atoms with Gasteiger partial charge in [0.2, 0.25) is 9.84 Å². The van der Waals surface area contributed by atoms with Gasteiger partial charge in [0, 0.05) is 0 Å². The van der Waals surface area contributed by atoms with Crippen molar-refractivity contribution in [3.05, 3.63) is 64.6 Å². The zero-order valence-electron chi connectivity index (χ0n) is 13.9. The van der Waals surface area contributed by atoms with Crippen LogP contribution >= 0.6 is 0 Å². The summed E-state index contributed by atoms with van der Waals surface area (Å²) < 4.78 is 30.7. The van der Waals surface area contributed by atoms with Gasteiger partial charge in [-0.05, 0) is 56.7 Å². The van der Waals surface area contributed by atoms with E-state index < -0.39 is 9.84 Å². The third-order valence-corrected chi connectivity index (χ3v) is 4.96. The molecule has 0 saturated carbocycles. The van der Waals surface area contributed by atoms with E-state index in [1.165, 1.54) is 18.2 Å². The molecule has 0 atom stereocenters. The molecule has 0 unspecified atom stereocenters. The van der Waals surface area contributed by atoms with E-state index in [-0.39, 0.29) is 15.9 Å². The van der Waals surface area contributed by atoms with Crippen LogP contribution in [0.3, 0.4) is 0 Å². The van der Waals surface area contributed by atoms with Crippen LogP contribution in [0.1, 0.15) is 25.0 Å². The van der Waals surface area contributed by atoms with Crippen LogP contribution in [0, 0.1) is 18.3 Å². The zero-order chi connectivity index (χ0) is 17.7. The van der Waals surface area contributed by atoms with E-state index in [1.807, 2.05) is 20.8 Å². The molecule has 0 heterocycles. The number of rotatable bonds is 5. The Kier molecular flexibility index (Phi) is 5.42. The van der Waals surface area contributed by atoms with Gasteiger partial charge in [-0.2, -0.15) is 5.26 Å². The van der Waals surface area contributed by atoms with Gasteiger partial charge in [-0.1, -0.05) is 29.8 Å². The molecule has 0 bridgehead atoms. The number of hydrogen-bond acceptors (Lipinski definition) is 4. The lowest BCUT2D eigenvalue weighted by molar-refractivity contribution is 0.242. The first-order chi connectivity index (χ1) is 11.3. The van der Waals surface area contributed by atoms with E-state index in [1.54, 1.807) is 42.5 Å². The predicted molar refractivity (Wildman–Crippen MR) is 94.2 cm³/mol. The number of allylic oxidation sites excluding steroid dienone is 1. The maximum absolute atomic E-state index is 12.6. The van der Waals surface area contributed by atoms with Gasteiger partial charge in [0.15, 0.2) is 0 Å². The summed E-state index contributed by atoms with van der Waals surface area (Å²) in [6, 6.07) is 15.2. The first kappa shape index (κ1) is 17.8. The Labute approximate surface area is 142 Å². The second-order valence-electron chi connectivity index (χ2n) is 5.67. The number of hydrogen-bond donors (Lipinski definition) is 0. The monoisotopic (exact) mass is 341 g/mol. The highest BCUT2D eigenvalue weighted by Gasteiger charge is 2.20. The van der Waals surface area contributed by atoms with Crippen molar-refractivity contribution in [2.75, 3.05) is 0 Å². The maximum atomic E-state index is 12.6. The summed E-state index contributed by atoms with van der Waals surface area (Å²) in [7, 11) is -3.83. The van der Waals surface area contributed by atoms with Gasteiger partial charge in [-0.15, -0.1) is 0 Å². The fourth-order valence-electron chi connectivity index (χ4n) is 2.08. The minimum Gasteiger partial charge on any atom is -0.491 e. The van der Waals surface area contributed by atoms with Gasteiger partial charge in [0.05, 0.1) is 11.0 Å². The third kappa shape index (κ3) is 4.24. The first-order valence-electron chi connectivity index (χ1n) is 7.53. The Morgan fingerprint density at radius 3 is 2.17 bits per heavy atom. The smallest absolute Gasteiger partial charge is 0.216 e. The molecule has 2 aromatic carbocycles. The van der Waals surface area contributed by atoms with E-state index in [0.717, 1.165) is 5.56 Å². The summed E-state index contributed by atoms with van der Waals surface area (Å²) in [6.07, 6.45) is 1.43. The Morgan fingerprint density at radius 1 is 1.08 bits per heavy atom. The molecular weight excluding hydrogens is 322 g/mol. The lowest BCUT2D eigenvalue weighted by Gasteiger charge is -2.09. The minimum absolute atomic E-state index is 0.0583. The first-order valence-corrected chi connectivity index (χ1v) is 9.01. The second-order valence-corrected chi connectivity index (χ2v) is 7.59.